The van der Waals surface area contributed by atoms with Gasteiger partial charge < -0.3 is 5.11 Å². The first kappa shape index (κ1) is 10.5. The standard InChI is InChI=1S/C10H8Cl2N2O/c11-7-3-1-2-4-8(7)14-6-13-10(12)9(14)5-15/h1-4,6,15H,5H2. The highest BCUT2D eigenvalue weighted by Crippen LogP contribution is 2.24. The molecule has 0 fully saturated rings. The third-order valence-electron chi connectivity index (χ3n) is 2.08. The Labute approximate surface area is 96.9 Å². The highest BCUT2D eigenvalue weighted by Gasteiger charge is 2.11. The van der Waals surface area contributed by atoms with Gasteiger partial charge in [0.05, 0.1) is 23.0 Å². The summed E-state index contributed by atoms with van der Waals surface area (Å²) in [5.74, 6) is 0. The van der Waals surface area contributed by atoms with Gasteiger partial charge >= 0.3 is 0 Å². The molecule has 0 radical (unpaired) electrons. The van der Waals surface area contributed by atoms with E-state index in [1.165, 1.54) is 6.33 Å². The third-order valence-corrected chi connectivity index (χ3v) is 2.71. The van der Waals surface area contributed by atoms with E-state index in [9.17, 15) is 0 Å². The number of benzene rings is 1. The van der Waals surface area contributed by atoms with Crippen LogP contribution in [0.2, 0.25) is 10.2 Å². The zero-order valence-corrected chi connectivity index (χ0v) is 9.20. The average Bonchev–Trinajstić information content (AvgIpc) is 2.60. The Kier molecular flexibility index (Phi) is 2.95. The fourth-order valence-corrected chi connectivity index (χ4v) is 1.77. The van der Waals surface area contributed by atoms with Crippen molar-refractivity contribution in [2.75, 3.05) is 0 Å². The highest BCUT2D eigenvalue weighted by molar-refractivity contribution is 6.32. The lowest BCUT2D eigenvalue weighted by Gasteiger charge is -2.07. The highest BCUT2D eigenvalue weighted by atomic mass is 35.5. The fraction of sp³-hybridized carbons (Fsp3) is 0.100. The molecule has 0 aliphatic heterocycles. The first-order valence-electron chi connectivity index (χ1n) is 4.31. The summed E-state index contributed by atoms with van der Waals surface area (Å²) in [6.45, 7) is -0.177. The zero-order chi connectivity index (χ0) is 10.8. The minimum Gasteiger partial charge on any atom is -0.390 e. The molecule has 0 amide bonds. The molecule has 1 heterocycles. The summed E-state index contributed by atoms with van der Waals surface area (Å²) < 4.78 is 1.67. The number of halogens is 2. The summed E-state index contributed by atoms with van der Waals surface area (Å²) in [5.41, 5.74) is 1.28. The second kappa shape index (κ2) is 4.23. The molecule has 1 aromatic heterocycles. The Morgan fingerprint density at radius 1 is 1.27 bits per heavy atom. The number of hydrogen-bond donors (Lipinski definition) is 1. The van der Waals surface area contributed by atoms with Gasteiger partial charge in [-0.1, -0.05) is 35.3 Å². The van der Waals surface area contributed by atoms with Gasteiger partial charge in [-0.3, -0.25) is 4.57 Å². The largest absolute Gasteiger partial charge is 0.390 e. The smallest absolute Gasteiger partial charge is 0.153 e. The lowest BCUT2D eigenvalue weighted by molar-refractivity contribution is 0.275. The molecular formula is C10H8Cl2N2O. The maximum Gasteiger partial charge on any atom is 0.153 e. The van der Waals surface area contributed by atoms with Crippen LogP contribution in [0, 0.1) is 0 Å². The van der Waals surface area contributed by atoms with Gasteiger partial charge in [-0.2, -0.15) is 0 Å². The quantitative estimate of drug-likeness (QED) is 0.880. The van der Waals surface area contributed by atoms with E-state index in [4.69, 9.17) is 28.3 Å². The van der Waals surface area contributed by atoms with Gasteiger partial charge in [-0.05, 0) is 12.1 Å². The number of imidazole rings is 1. The van der Waals surface area contributed by atoms with Crippen molar-refractivity contribution in [2.24, 2.45) is 0 Å². The minimum absolute atomic E-state index is 0.177. The molecule has 0 aliphatic rings. The van der Waals surface area contributed by atoms with Crippen molar-refractivity contribution in [3.8, 4) is 5.69 Å². The molecule has 0 atom stereocenters. The Hall–Kier alpha value is -1.03. The van der Waals surface area contributed by atoms with Gasteiger partial charge in [-0.25, -0.2) is 4.98 Å². The maximum absolute atomic E-state index is 9.15. The second-order valence-corrected chi connectivity index (χ2v) is 3.73. The van der Waals surface area contributed by atoms with Crippen molar-refractivity contribution < 1.29 is 5.11 Å². The lowest BCUT2D eigenvalue weighted by atomic mass is 10.3. The van der Waals surface area contributed by atoms with E-state index < -0.39 is 0 Å². The molecule has 2 aromatic rings. The van der Waals surface area contributed by atoms with E-state index in [0.717, 1.165) is 5.69 Å². The molecule has 15 heavy (non-hydrogen) atoms. The third kappa shape index (κ3) is 1.86. The number of hydrogen-bond acceptors (Lipinski definition) is 2. The SMILES string of the molecule is OCc1c(Cl)ncn1-c1ccccc1Cl. The van der Waals surface area contributed by atoms with Crippen molar-refractivity contribution in [2.45, 2.75) is 6.61 Å². The molecule has 3 nitrogen and oxygen atoms in total. The summed E-state index contributed by atoms with van der Waals surface area (Å²) in [4.78, 5) is 3.91. The second-order valence-electron chi connectivity index (χ2n) is 2.96. The summed E-state index contributed by atoms with van der Waals surface area (Å²) in [6.07, 6.45) is 1.54. The molecular weight excluding hydrogens is 235 g/mol. The Morgan fingerprint density at radius 3 is 2.67 bits per heavy atom. The molecule has 5 heteroatoms. The van der Waals surface area contributed by atoms with Crippen LogP contribution in [0.5, 0.6) is 0 Å². The van der Waals surface area contributed by atoms with Crippen LogP contribution < -0.4 is 0 Å². The molecule has 0 spiro atoms. The number of rotatable bonds is 2. The van der Waals surface area contributed by atoms with Crippen LogP contribution in [0.25, 0.3) is 5.69 Å². The summed E-state index contributed by atoms with van der Waals surface area (Å²) in [5, 5.41) is 10.0. The van der Waals surface area contributed by atoms with E-state index in [-0.39, 0.29) is 11.8 Å². The predicted molar refractivity (Wildman–Crippen MR) is 59.5 cm³/mol. The van der Waals surface area contributed by atoms with Crippen molar-refractivity contribution >= 4 is 23.2 Å². The van der Waals surface area contributed by atoms with Gasteiger partial charge in [0.2, 0.25) is 0 Å². The predicted octanol–water partition coefficient (Wildman–Crippen LogP) is 2.67. The van der Waals surface area contributed by atoms with Crippen molar-refractivity contribution in [3.63, 3.8) is 0 Å². The van der Waals surface area contributed by atoms with Gasteiger partial charge in [-0.15, -0.1) is 0 Å². The van der Waals surface area contributed by atoms with Crippen LogP contribution in [-0.4, -0.2) is 14.7 Å². The molecule has 0 saturated heterocycles. The monoisotopic (exact) mass is 242 g/mol. The Morgan fingerprint density at radius 2 is 2.00 bits per heavy atom. The maximum atomic E-state index is 9.15. The Bertz CT molecular complexity index is 482. The van der Waals surface area contributed by atoms with Gasteiger partial charge in [0, 0.05) is 0 Å². The molecule has 0 aliphatic carbocycles. The minimum atomic E-state index is -0.177. The first-order chi connectivity index (χ1) is 7.24. The van der Waals surface area contributed by atoms with E-state index in [1.807, 2.05) is 18.2 Å². The molecule has 0 unspecified atom stereocenters. The fourth-order valence-electron chi connectivity index (χ4n) is 1.35. The van der Waals surface area contributed by atoms with Crippen LogP contribution in [0.3, 0.4) is 0 Å². The van der Waals surface area contributed by atoms with Crippen LogP contribution in [0.4, 0.5) is 0 Å². The molecule has 1 N–H and O–H groups in total. The zero-order valence-electron chi connectivity index (χ0n) is 7.69. The average molecular weight is 243 g/mol. The van der Waals surface area contributed by atoms with Gasteiger partial charge in [0.1, 0.15) is 6.33 Å². The molecule has 0 bridgehead atoms. The van der Waals surface area contributed by atoms with Crippen molar-refractivity contribution in [1.82, 2.24) is 9.55 Å². The van der Waals surface area contributed by atoms with Crippen LogP contribution in [0.15, 0.2) is 30.6 Å². The number of aliphatic hydroxyl groups is 1. The van der Waals surface area contributed by atoms with E-state index in [1.54, 1.807) is 10.6 Å². The number of aliphatic hydroxyl groups excluding tert-OH is 1. The summed E-state index contributed by atoms with van der Waals surface area (Å²) in [6, 6.07) is 7.30. The molecule has 78 valence electrons. The topological polar surface area (TPSA) is 38.1 Å². The molecule has 1 aromatic carbocycles. The lowest BCUT2D eigenvalue weighted by Crippen LogP contribution is -1.99. The van der Waals surface area contributed by atoms with E-state index in [2.05, 4.69) is 4.98 Å². The number of para-hydroxylation sites is 1. The van der Waals surface area contributed by atoms with Crippen molar-refractivity contribution in [3.05, 3.63) is 46.5 Å². The number of aromatic nitrogens is 2. The van der Waals surface area contributed by atoms with E-state index in [0.29, 0.717) is 10.7 Å². The first-order valence-corrected chi connectivity index (χ1v) is 5.07. The van der Waals surface area contributed by atoms with Crippen LogP contribution in [0.1, 0.15) is 5.69 Å². The number of nitrogens with zero attached hydrogens (tertiary/aromatic N) is 2. The normalized spacial score (nSPS) is 10.6. The summed E-state index contributed by atoms with van der Waals surface area (Å²) >= 11 is 11.8. The van der Waals surface area contributed by atoms with Gasteiger partial charge in [0.15, 0.2) is 5.15 Å². The van der Waals surface area contributed by atoms with Crippen molar-refractivity contribution in [1.29, 1.82) is 0 Å². The molecule has 0 saturated carbocycles. The van der Waals surface area contributed by atoms with Crippen LogP contribution >= 0.6 is 23.2 Å². The van der Waals surface area contributed by atoms with Crippen LogP contribution in [-0.2, 0) is 6.61 Å². The Balaban J connectivity index is 2.59. The van der Waals surface area contributed by atoms with Gasteiger partial charge in [0.25, 0.3) is 0 Å². The summed E-state index contributed by atoms with van der Waals surface area (Å²) in [7, 11) is 0. The molecule has 2 rings (SSSR count). The van der Waals surface area contributed by atoms with E-state index >= 15 is 0 Å².